The Morgan fingerprint density at radius 2 is 1.91 bits per heavy atom. The summed E-state index contributed by atoms with van der Waals surface area (Å²) in [7, 11) is 1.71. The average Bonchev–Trinajstić information content (AvgIpc) is 3.52. The van der Waals surface area contributed by atoms with Crippen molar-refractivity contribution < 1.29 is 13.6 Å². The summed E-state index contributed by atoms with van der Waals surface area (Å²) in [6.07, 6.45) is 3.51. The standard InChI is InChI=1S/C25H22F2N4O2/c1-14-21(24(32)28-23(15-9-10-15)16-5-3-6-17(26)13-16)18-7-4-8-19(27)22(18)25(33)31(14)20-11-12-30(2)29-20/h3-8,11-13,15,23H,9-10H2,1-2H3,(H,28,32)/t23-/m0/s1. The minimum Gasteiger partial charge on any atom is -0.345 e. The Bertz CT molecular complexity index is 1450. The van der Waals surface area contributed by atoms with Gasteiger partial charge in [0.15, 0.2) is 5.82 Å². The lowest BCUT2D eigenvalue weighted by Crippen LogP contribution is -2.33. The number of benzene rings is 2. The van der Waals surface area contributed by atoms with E-state index in [0.717, 1.165) is 12.8 Å². The molecular weight excluding hydrogens is 426 g/mol. The fourth-order valence-electron chi connectivity index (χ4n) is 4.42. The molecule has 2 aromatic carbocycles. The summed E-state index contributed by atoms with van der Waals surface area (Å²) >= 11 is 0. The Hall–Kier alpha value is -3.81. The number of fused-ring (bicyclic) bond motifs is 1. The third-order valence-corrected chi connectivity index (χ3v) is 6.14. The van der Waals surface area contributed by atoms with Crippen molar-refractivity contribution in [3.63, 3.8) is 0 Å². The van der Waals surface area contributed by atoms with Crippen molar-refractivity contribution in [1.82, 2.24) is 19.7 Å². The van der Waals surface area contributed by atoms with Gasteiger partial charge in [0.25, 0.3) is 11.5 Å². The van der Waals surface area contributed by atoms with Gasteiger partial charge in [-0.15, -0.1) is 0 Å². The molecule has 2 heterocycles. The fourth-order valence-corrected chi connectivity index (χ4v) is 4.42. The number of carbonyl (C=O) groups excluding carboxylic acids is 1. The predicted octanol–water partition coefficient (Wildman–Crippen LogP) is 4.19. The molecule has 0 unspecified atom stereocenters. The molecule has 1 aliphatic rings. The Labute approximate surface area is 188 Å². The van der Waals surface area contributed by atoms with Crippen molar-refractivity contribution in [2.75, 3.05) is 0 Å². The van der Waals surface area contributed by atoms with Crippen LogP contribution in [0.15, 0.2) is 59.5 Å². The maximum absolute atomic E-state index is 14.8. The summed E-state index contributed by atoms with van der Waals surface area (Å²) in [4.78, 5) is 26.9. The van der Waals surface area contributed by atoms with Gasteiger partial charge in [-0.1, -0.05) is 24.3 Å². The number of aryl methyl sites for hydroxylation is 1. The zero-order valence-corrected chi connectivity index (χ0v) is 18.2. The number of nitrogens with zero attached hydrogens (tertiary/aromatic N) is 3. The third kappa shape index (κ3) is 3.71. The predicted molar refractivity (Wildman–Crippen MR) is 120 cm³/mol. The Morgan fingerprint density at radius 3 is 2.58 bits per heavy atom. The second kappa shape index (κ2) is 7.95. The molecule has 0 saturated heterocycles. The van der Waals surface area contributed by atoms with Crippen molar-refractivity contribution in [3.05, 3.63) is 93.5 Å². The van der Waals surface area contributed by atoms with Gasteiger partial charge in [0, 0.05) is 30.4 Å². The van der Waals surface area contributed by atoms with Crippen LogP contribution in [0.4, 0.5) is 8.78 Å². The maximum Gasteiger partial charge on any atom is 0.267 e. The van der Waals surface area contributed by atoms with Gasteiger partial charge in [-0.2, -0.15) is 5.10 Å². The van der Waals surface area contributed by atoms with E-state index in [-0.39, 0.29) is 34.1 Å². The van der Waals surface area contributed by atoms with Crippen LogP contribution < -0.4 is 10.9 Å². The highest BCUT2D eigenvalue weighted by Gasteiger charge is 2.35. The average molecular weight is 448 g/mol. The zero-order valence-electron chi connectivity index (χ0n) is 18.2. The van der Waals surface area contributed by atoms with Crippen molar-refractivity contribution >= 4 is 16.7 Å². The van der Waals surface area contributed by atoms with Crippen LogP contribution in [-0.2, 0) is 7.05 Å². The van der Waals surface area contributed by atoms with E-state index in [1.54, 1.807) is 44.4 Å². The topological polar surface area (TPSA) is 68.9 Å². The summed E-state index contributed by atoms with van der Waals surface area (Å²) in [6, 6.07) is 11.7. The molecule has 4 aromatic rings. The summed E-state index contributed by atoms with van der Waals surface area (Å²) in [5.74, 6) is -1.04. The number of nitrogens with one attached hydrogen (secondary N) is 1. The lowest BCUT2D eigenvalue weighted by molar-refractivity contribution is 0.0932. The maximum atomic E-state index is 14.8. The van der Waals surface area contributed by atoms with E-state index in [0.29, 0.717) is 17.1 Å². The molecule has 0 bridgehead atoms. The first kappa shape index (κ1) is 21.1. The second-order valence-electron chi connectivity index (χ2n) is 8.45. The second-order valence-corrected chi connectivity index (χ2v) is 8.45. The van der Waals surface area contributed by atoms with E-state index in [4.69, 9.17) is 0 Å². The molecule has 1 atom stereocenters. The molecule has 0 spiro atoms. The number of hydrogen-bond donors (Lipinski definition) is 1. The Kier molecular flexibility index (Phi) is 5.08. The SMILES string of the molecule is Cc1c(C(=O)N[C@H](c2cccc(F)c2)C2CC2)c2cccc(F)c2c(=O)n1-c1ccn(C)n1. The van der Waals surface area contributed by atoms with Gasteiger partial charge in [0.2, 0.25) is 0 Å². The highest BCUT2D eigenvalue weighted by molar-refractivity contribution is 6.08. The molecule has 1 aliphatic carbocycles. The molecule has 1 fully saturated rings. The number of aromatic nitrogens is 3. The summed E-state index contributed by atoms with van der Waals surface area (Å²) in [5, 5.41) is 7.36. The Morgan fingerprint density at radius 1 is 1.15 bits per heavy atom. The molecular formula is C25H22F2N4O2. The van der Waals surface area contributed by atoms with Crippen molar-refractivity contribution in [1.29, 1.82) is 0 Å². The molecule has 0 radical (unpaired) electrons. The lowest BCUT2D eigenvalue weighted by atomic mass is 9.99. The van der Waals surface area contributed by atoms with E-state index in [9.17, 15) is 18.4 Å². The molecule has 0 aliphatic heterocycles. The molecule has 33 heavy (non-hydrogen) atoms. The highest BCUT2D eigenvalue weighted by atomic mass is 19.1. The van der Waals surface area contributed by atoms with E-state index in [1.165, 1.54) is 33.5 Å². The van der Waals surface area contributed by atoms with Gasteiger partial charge < -0.3 is 5.32 Å². The van der Waals surface area contributed by atoms with Gasteiger partial charge in [0.1, 0.15) is 11.6 Å². The smallest absolute Gasteiger partial charge is 0.267 e. The van der Waals surface area contributed by atoms with E-state index >= 15 is 0 Å². The van der Waals surface area contributed by atoms with Crippen LogP contribution in [0.25, 0.3) is 16.6 Å². The molecule has 8 heteroatoms. The number of pyridine rings is 1. The minimum atomic E-state index is -0.708. The third-order valence-electron chi connectivity index (χ3n) is 6.14. The first-order valence-electron chi connectivity index (χ1n) is 10.8. The molecule has 5 rings (SSSR count). The number of hydrogen-bond acceptors (Lipinski definition) is 3. The van der Waals surface area contributed by atoms with Gasteiger partial charge in [0.05, 0.1) is 17.0 Å². The number of amides is 1. The van der Waals surface area contributed by atoms with Crippen molar-refractivity contribution in [3.8, 4) is 5.82 Å². The fraction of sp³-hybridized carbons (Fsp3) is 0.240. The van der Waals surface area contributed by atoms with Crippen molar-refractivity contribution in [2.24, 2.45) is 13.0 Å². The van der Waals surface area contributed by atoms with Crippen LogP contribution in [0.1, 0.15) is 40.5 Å². The van der Waals surface area contributed by atoms with Crippen LogP contribution in [0.5, 0.6) is 0 Å². The number of rotatable bonds is 5. The normalized spacial score (nSPS) is 14.4. The molecule has 168 valence electrons. The van der Waals surface area contributed by atoms with E-state index in [2.05, 4.69) is 10.4 Å². The van der Waals surface area contributed by atoms with Crippen molar-refractivity contribution in [2.45, 2.75) is 25.8 Å². The number of halogens is 2. The Balaban J connectivity index is 1.68. The van der Waals surface area contributed by atoms with Gasteiger partial charge in [-0.3, -0.25) is 18.8 Å². The van der Waals surface area contributed by atoms with Gasteiger partial charge in [-0.05, 0) is 49.4 Å². The quantitative estimate of drug-likeness (QED) is 0.498. The summed E-state index contributed by atoms with van der Waals surface area (Å²) in [6.45, 7) is 1.64. The summed E-state index contributed by atoms with van der Waals surface area (Å²) < 4.78 is 31.5. The molecule has 6 nitrogen and oxygen atoms in total. The van der Waals surface area contributed by atoms with Crippen LogP contribution in [0.2, 0.25) is 0 Å². The molecule has 2 aromatic heterocycles. The molecule has 1 saturated carbocycles. The minimum absolute atomic E-state index is 0.173. The molecule has 1 amide bonds. The number of carbonyl (C=O) groups is 1. The van der Waals surface area contributed by atoms with Crippen LogP contribution in [-0.4, -0.2) is 20.3 Å². The molecule has 1 N–H and O–H groups in total. The lowest BCUT2D eigenvalue weighted by Gasteiger charge is -2.21. The first-order valence-corrected chi connectivity index (χ1v) is 10.8. The first-order chi connectivity index (χ1) is 15.8. The van der Waals surface area contributed by atoms with Gasteiger partial charge in [-0.25, -0.2) is 8.78 Å². The largest absolute Gasteiger partial charge is 0.345 e. The summed E-state index contributed by atoms with van der Waals surface area (Å²) in [5.41, 5.74) is 0.636. The van der Waals surface area contributed by atoms with Crippen LogP contribution in [0.3, 0.4) is 0 Å². The van der Waals surface area contributed by atoms with Crippen LogP contribution in [0, 0.1) is 24.5 Å². The van der Waals surface area contributed by atoms with Crippen LogP contribution >= 0.6 is 0 Å². The van der Waals surface area contributed by atoms with E-state index < -0.39 is 17.3 Å². The van der Waals surface area contributed by atoms with E-state index in [1.807, 2.05) is 0 Å². The monoisotopic (exact) mass is 448 g/mol. The highest BCUT2D eigenvalue weighted by Crippen LogP contribution is 2.41. The van der Waals surface area contributed by atoms with Gasteiger partial charge >= 0.3 is 0 Å². The zero-order chi connectivity index (χ0) is 23.3.